The Hall–Kier alpha value is -3.10. The summed E-state index contributed by atoms with van der Waals surface area (Å²) in [5.74, 6) is -0.494. The lowest BCUT2D eigenvalue weighted by molar-refractivity contribution is -0.118. The highest BCUT2D eigenvalue weighted by Crippen LogP contribution is 2.25. The molecule has 1 heterocycles. The Morgan fingerprint density at radius 1 is 1.46 bits per heavy atom. The summed E-state index contributed by atoms with van der Waals surface area (Å²) < 4.78 is 19.9. The first-order chi connectivity index (χ1) is 11.4. The quantitative estimate of drug-likeness (QED) is 0.741. The minimum Gasteiger partial charge on any atom is -0.496 e. The second-order valence-electron chi connectivity index (χ2n) is 5.10. The Morgan fingerprint density at radius 2 is 2.21 bits per heavy atom. The fourth-order valence-corrected chi connectivity index (χ4v) is 2.16. The molecular formula is C15H18FN5O3. The van der Waals surface area contributed by atoms with Crippen LogP contribution in [0.2, 0.25) is 0 Å². The van der Waals surface area contributed by atoms with E-state index in [9.17, 15) is 14.0 Å². The Morgan fingerprint density at radius 3 is 2.88 bits per heavy atom. The lowest BCUT2D eigenvalue weighted by Gasteiger charge is -2.17. The van der Waals surface area contributed by atoms with E-state index in [1.165, 1.54) is 42.4 Å². The van der Waals surface area contributed by atoms with E-state index in [0.717, 1.165) is 0 Å². The number of benzene rings is 1. The van der Waals surface area contributed by atoms with Crippen LogP contribution >= 0.6 is 0 Å². The van der Waals surface area contributed by atoms with Gasteiger partial charge in [-0.25, -0.2) is 9.18 Å². The van der Waals surface area contributed by atoms with Gasteiger partial charge in [0.2, 0.25) is 5.91 Å². The van der Waals surface area contributed by atoms with Crippen molar-refractivity contribution in [1.82, 2.24) is 15.1 Å². The zero-order valence-corrected chi connectivity index (χ0v) is 13.2. The third-order valence-electron chi connectivity index (χ3n) is 3.21. The normalized spacial score (nSPS) is 11.6. The topological polar surface area (TPSA) is 111 Å². The lowest BCUT2D eigenvalue weighted by atomic mass is 10.1. The zero-order chi connectivity index (χ0) is 17.7. The number of carbonyl (C=O) groups excluding carboxylic acids is 2. The molecule has 1 atom stereocenters. The van der Waals surface area contributed by atoms with Gasteiger partial charge in [0.15, 0.2) is 0 Å². The molecule has 1 aromatic heterocycles. The Bertz CT molecular complexity index is 746. The van der Waals surface area contributed by atoms with E-state index in [1.54, 1.807) is 6.92 Å². The van der Waals surface area contributed by atoms with Gasteiger partial charge >= 0.3 is 6.03 Å². The third kappa shape index (κ3) is 4.45. The Balaban J connectivity index is 2.00. The monoisotopic (exact) mass is 335 g/mol. The molecule has 8 nitrogen and oxygen atoms in total. The summed E-state index contributed by atoms with van der Waals surface area (Å²) in [7, 11) is 1.47. The summed E-state index contributed by atoms with van der Waals surface area (Å²) in [6, 6.07) is 3.08. The summed E-state index contributed by atoms with van der Waals surface area (Å²) in [5, 5.41) is 9.13. The van der Waals surface area contributed by atoms with Crippen LogP contribution in [0, 0.1) is 5.82 Å². The summed E-state index contributed by atoms with van der Waals surface area (Å²) in [6.45, 7) is 1.62. The molecule has 0 spiro atoms. The molecule has 0 radical (unpaired) electrons. The predicted molar refractivity (Wildman–Crippen MR) is 84.9 cm³/mol. The number of nitrogens with one attached hydrogen (secondary N) is 2. The molecule has 2 aromatic rings. The van der Waals surface area contributed by atoms with Crippen LogP contribution in [0.15, 0.2) is 30.6 Å². The predicted octanol–water partition coefficient (Wildman–Crippen LogP) is 1.40. The summed E-state index contributed by atoms with van der Waals surface area (Å²) >= 11 is 0. The third-order valence-corrected chi connectivity index (χ3v) is 3.21. The maximum atomic E-state index is 13.4. The second-order valence-corrected chi connectivity index (χ2v) is 5.10. The Kier molecular flexibility index (Phi) is 5.35. The van der Waals surface area contributed by atoms with Crippen molar-refractivity contribution in [3.05, 3.63) is 42.0 Å². The number of hydrogen-bond acceptors (Lipinski definition) is 4. The highest BCUT2D eigenvalue weighted by molar-refractivity contribution is 5.89. The molecule has 0 aliphatic carbocycles. The molecule has 9 heteroatoms. The van der Waals surface area contributed by atoms with Gasteiger partial charge in [-0.2, -0.15) is 5.10 Å². The second kappa shape index (κ2) is 7.44. The number of ether oxygens (including phenoxy) is 1. The first kappa shape index (κ1) is 17.3. The van der Waals surface area contributed by atoms with Crippen molar-refractivity contribution in [1.29, 1.82) is 0 Å². The number of urea groups is 1. The number of rotatable bonds is 6. The lowest BCUT2D eigenvalue weighted by Crippen LogP contribution is -2.31. The molecule has 0 aliphatic rings. The smallest absolute Gasteiger partial charge is 0.319 e. The number of halogens is 1. The molecule has 0 bridgehead atoms. The van der Waals surface area contributed by atoms with Crippen molar-refractivity contribution in [2.45, 2.75) is 19.5 Å². The van der Waals surface area contributed by atoms with Crippen molar-refractivity contribution in [2.24, 2.45) is 5.73 Å². The number of nitrogens with two attached hydrogens (primary N) is 1. The van der Waals surface area contributed by atoms with Crippen LogP contribution in [0.5, 0.6) is 5.75 Å². The van der Waals surface area contributed by atoms with E-state index in [1.807, 2.05) is 0 Å². The van der Waals surface area contributed by atoms with Crippen LogP contribution in [-0.2, 0) is 11.3 Å². The molecular weight excluding hydrogens is 317 g/mol. The summed E-state index contributed by atoms with van der Waals surface area (Å²) in [6.07, 6.45) is 2.85. The van der Waals surface area contributed by atoms with Gasteiger partial charge in [-0.3, -0.25) is 9.48 Å². The molecule has 0 fully saturated rings. The number of amides is 3. The molecule has 128 valence electrons. The molecule has 1 aromatic carbocycles. The highest BCUT2D eigenvalue weighted by Gasteiger charge is 2.15. The van der Waals surface area contributed by atoms with Crippen LogP contribution in [0.1, 0.15) is 18.5 Å². The highest BCUT2D eigenvalue weighted by atomic mass is 19.1. The van der Waals surface area contributed by atoms with E-state index in [4.69, 9.17) is 10.5 Å². The van der Waals surface area contributed by atoms with Gasteiger partial charge in [-0.05, 0) is 25.1 Å². The van der Waals surface area contributed by atoms with Crippen LogP contribution in [0.3, 0.4) is 0 Å². The van der Waals surface area contributed by atoms with Gasteiger partial charge in [0, 0.05) is 11.8 Å². The first-order valence-corrected chi connectivity index (χ1v) is 7.10. The van der Waals surface area contributed by atoms with Crippen LogP contribution in [-0.4, -0.2) is 28.8 Å². The first-order valence-electron chi connectivity index (χ1n) is 7.10. The van der Waals surface area contributed by atoms with Gasteiger partial charge in [-0.15, -0.1) is 0 Å². The number of carbonyl (C=O) groups is 2. The van der Waals surface area contributed by atoms with Gasteiger partial charge in [0.25, 0.3) is 0 Å². The fourth-order valence-electron chi connectivity index (χ4n) is 2.16. The van der Waals surface area contributed by atoms with E-state index in [2.05, 4.69) is 15.7 Å². The maximum Gasteiger partial charge on any atom is 0.319 e. The van der Waals surface area contributed by atoms with Crippen molar-refractivity contribution in [3.8, 4) is 5.75 Å². The number of methoxy groups -OCH3 is 1. The average Bonchev–Trinajstić information content (AvgIpc) is 2.93. The van der Waals surface area contributed by atoms with Gasteiger partial charge < -0.3 is 21.1 Å². The van der Waals surface area contributed by atoms with Crippen LogP contribution in [0.25, 0.3) is 0 Å². The summed E-state index contributed by atoms with van der Waals surface area (Å²) in [5.41, 5.74) is 5.97. The van der Waals surface area contributed by atoms with Gasteiger partial charge in [-0.1, -0.05) is 0 Å². The minimum atomic E-state index is -0.541. The molecule has 2 rings (SSSR count). The number of hydrogen-bond donors (Lipinski definition) is 3. The standard InChI is InChI=1S/C15H18FN5O3/c1-9(12-5-10(16)3-4-13(12)24-2)19-15(23)20-11-6-18-21(7-11)8-14(17)22/h3-7,9H,8H2,1-2H3,(H2,17,22)(H2,19,20,23). The number of anilines is 1. The zero-order valence-electron chi connectivity index (χ0n) is 13.2. The SMILES string of the molecule is COc1ccc(F)cc1C(C)NC(=O)Nc1cnn(CC(N)=O)c1. The molecule has 24 heavy (non-hydrogen) atoms. The average molecular weight is 335 g/mol. The van der Waals surface area contributed by atoms with E-state index < -0.39 is 23.8 Å². The number of primary amides is 1. The number of nitrogens with zero attached hydrogens (tertiary/aromatic N) is 2. The van der Waals surface area contributed by atoms with E-state index in [0.29, 0.717) is 17.0 Å². The van der Waals surface area contributed by atoms with Gasteiger partial charge in [0.1, 0.15) is 18.1 Å². The maximum absolute atomic E-state index is 13.4. The number of aromatic nitrogens is 2. The van der Waals surface area contributed by atoms with Crippen molar-refractivity contribution in [2.75, 3.05) is 12.4 Å². The minimum absolute atomic E-state index is 0.0831. The molecule has 0 saturated heterocycles. The molecule has 4 N–H and O–H groups in total. The molecule has 1 unspecified atom stereocenters. The molecule has 0 saturated carbocycles. The van der Waals surface area contributed by atoms with Crippen LogP contribution < -0.4 is 21.1 Å². The molecule has 3 amide bonds. The van der Waals surface area contributed by atoms with Gasteiger partial charge in [0.05, 0.1) is 25.0 Å². The van der Waals surface area contributed by atoms with E-state index >= 15 is 0 Å². The fraction of sp³-hybridized carbons (Fsp3) is 0.267. The van der Waals surface area contributed by atoms with Crippen molar-refractivity contribution < 1.29 is 18.7 Å². The van der Waals surface area contributed by atoms with Crippen molar-refractivity contribution >= 4 is 17.6 Å². The Labute approximate surface area is 137 Å². The van der Waals surface area contributed by atoms with E-state index in [-0.39, 0.29) is 6.54 Å². The van der Waals surface area contributed by atoms with Crippen molar-refractivity contribution in [3.63, 3.8) is 0 Å². The largest absolute Gasteiger partial charge is 0.496 e. The molecule has 0 aliphatic heterocycles. The van der Waals surface area contributed by atoms with Crippen LogP contribution in [0.4, 0.5) is 14.9 Å². The summed E-state index contributed by atoms with van der Waals surface area (Å²) in [4.78, 5) is 22.8.